The molecule has 31 heavy (non-hydrogen) atoms. The molecule has 0 fully saturated rings. The van der Waals surface area contributed by atoms with E-state index in [0.29, 0.717) is 12.2 Å². The van der Waals surface area contributed by atoms with Gasteiger partial charge in [-0.1, -0.05) is 20.8 Å². The lowest BCUT2D eigenvalue weighted by molar-refractivity contribution is 0.0428. The third-order valence-corrected chi connectivity index (χ3v) is 9.36. The number of carbonyl (C=O) groups is 2. The molecule has 0 spiro atoms. The number of hydrogen-bond donors (Lipinski definition) is 0. The largest absolute Gasteiger partial charge is 0.443 e. The molecule has 0 aliphatic carbocycles. The molecule has 8 heteroatoms. The van der Waals surface area contributed by atoms with Crippen molar-refractivity contribution in [2.75, 3.05) is 4.90 Å². The van der Waals surface area contributed by atoms with Gasteiger partial charge in [0.15, 0.2) is 14.1 Å². The maximum Gasteiger partial charge on any atom is 0.425 e. The molecule has 0 saturated heterocycles. The van der Waals surface area contributed by atoms with E-state index in [9.17, 15) is 9.59 Å². The summed E-state index contributed by atoms with van der Waals surface area (Å²) >= 11 is 0. The molecule has 1 heterocycles. The minimum Gasteiger partial charge on any atom is -0.443 e. The highest BCUT2D eigenvalue weighted by atomic mass is 28.4. The summed E-state index contributed by atoms with van der Waals surface area (Å²) < 4.78 is 17.1. The van der Waals surface area contributed by atoms with E-state index in [4.69, 9.17) is 13.9 Å². The molecule has 0 bridgehead atoms. The van der Waals surface area contributed by atoms with Crippen molar-refractivity contribution in [1.29, 1.82) is 0 Å². The lowest BCUT2D eigenvalue weighted by atomic mass is 10.2. The monoisotopic (exact) mass is 452 g/mol. The van der Waals surface area contributed by atoms with Crippen LogP contribution in [-0.4, -0.2) is 36.7 Å². The second-order valence-corrected chi connectivity index (χ2v) is 16.1. The number of imide groups is 1. The summed E-state index contributed by atoms with van der Waals surface area (Å²) in [5.41, 5.74) is -0.0304. The summed E-state index contributed by atoms with van der Waals surface area (Å²) in [5.74, 6) is 0.180. The zero-order chi connectivity index (χ0) is 24.4. The molecular formula is C23H40N2O5Si. The first-order valence-corrected chi connectivity index (χ1v) is 13.5. The van der Waals surface area contributed by atoms with E-state index in [1.165, 1.54) is 0 Å². The molecule has 176 valence electrons. The fraction of sp³-hybridized carbons (Fsp3) is 0.696. The number of carbonyl (C=O) groups excluding carboxylic acids is 2. The van der Waals surface area contributed by atoms with Crippen LogP contribution < -0.4 is 4.90 Å². The van der Waals surface area contributed by atoms with Gasteiger partial charge in [0.25, 0.3) is 0 Å². The van der Waals surface area contributed by atoms with Crippen molar-refractivity contribution in [3.8, 4) is 0 Å². The molecule has 0 aliphatic heterocycles. The molecule has 0 unspecified atom stereocenters. The van der Waals surface area contributed by atoms with Crippen LogP contribution in [0, 0.1) is 6.92 Å². The number of amides is 2. The summed E-state index contributed by atoms with van der Waals surface area (Å²) in [6.07, 6.45) is -0.0396. The Bertz CT molecular complexity index is 774. The third-order valence-electron chi connectivity index (χ3n) is 4.88. The Balaban J connectivity index is 3.22. The van der Waals surface area contributed by atoms with Crippen LogP contribution in [0.15, 0.2) is 12.3 Å². The van der Waals surface area contributed by atoms with Crippen LogP contribution >= 0.6 is 0 Å². The molecular weight excluding hydrogens is 412 g/mol. The predicted molar refractivity (Wildman–Crippen MR) is 126 cm³/mol. The van der Waals surface area contributed by atoms with Crippen LogP contribution in [0.25, 0.3) is 0 Å². The lowest BCUT2D eigenvalue weighted by Crippen LogP contribution is -2.44. The van der Waals surface area contributed by atoms with Gasteiger partial charge < -0.3 is 13.9 Å². The maximum absolute atomic E-state index is 12.8. The summed E-state index contributed by atoms with van der Waals surface area (Å²) in [5, 5.41) is 0.0969. The van der Waals surface area contributed by atoms with Crippen LogP contribution in [0.4, 0.5) is 15.4 Å². The van der Waals surface area contributed by atoms with Gasteiger partial charge in [-0.2, -0.15) is 4.90 Å². The molecule has 7 nitrogen and oxygen atoms in total. The molecule has 0 aromatic carbocycles. The Morgan fingerprint density at radius 1 is 0.935 bits per heavy atom. The number of pyridine rings is 1. The first-order chi connectivity index (χ1) is 13.7. The average molecular weight is 453 g/mol. The second-order valence-electron chi connectivity index (χ2n) is 11.3. The highest BCUT2D eigenvalue weighted by Gasteiger charge is 2.37. The topological polar surface area (TPSA) is 78.0 Å². The van der Waals surface area contributed by atoms with Crippen LogP contribution in [0.3, 0.4) is 0 Å². The minimum absolute atomic E-state index is 0.0969. The summed E-state index contributed by atoms with van der Waals surface area (Å²) in [6.45, 7) is 23.6. The van der Waals surface area contributed by atoms with Crippen LogP contribution in [-0.2, 0) is 20.5 Å². The number of aryl methyl sites for hydroxylation is 1. The van der Waals surface area contributed by atoms with Gasteiger partial charge in [0, 0.05) is 6.20 Å². The first-order valence-electron chi connectivity index (χ1n) is 10.6. The molecule has 1 aromatic heterocycles. The Morgan fingerprint density at radius 2 is 1.39 bits per heavy atom. The molecule has 0 saturated carbocycles. The van der Waals surface area contributed by atoms with Gasteiger partial charge >= 0.3 is 12.2 Å². The number of rotatable bonds is 4. The first kappa shape index (κ1) is 27.1. The van der Waals surface area contributed by atoms with Crippen LogP contribution in [0.1, 0.15) is 73.4 Å². The van der Waals surface area contributed by atoms with Crippen LogP contribution in [0.5, 0.6) is 0 Å². The van der Waals surface area contributed by atoms with Gasteiger partial charge in [0.2, 0.25) is 0 Å². The molecule has 0 radical (unpaired) electrons. The van der Waals surface area contributed by atoms with Crippen molar-refractivity contribution in [3.05, 3.63) is 23.4 Å². The van der Waals surface area contributed by atoms with Gasteiger partial charge in [-0.3, -0.25) is 0 Å². The number of hydrogen-bond acceptors (Lipinski definition) is 6. The van der Waals surface area contributed by atoms with E-state index in [1.807, 2.05) is 6.07 Å². The smallest absolute Gasteiger partial charge is 0.425 e. The Labute approximate surface area is 188 Å². The average Bonchev–Trinajstić information content (AvgIpc) is 2.50. The summed E-state index contributed by atoms with van der Waals surface area (Å²) in [7, 11) is -1.92. The number of nitrogens with zero attached hydrogens (tertiary/aromatic N) is 2. The highest BCUT2D eigenvalue weighted by Crippen LogP contribution is 2.37. The Hall–Kier alpha value is -1.93. The number of anilines is 1. The van der Waals surface area contributed by atoms with E-state index < -0.39 is 31.7 Å². The molecule has 0 N–H and O–H groups in total. The lowest BCUT2D eigenvalue weighted by Gasteiger charge is -2.36. The van der Waals surface area contributed by atoms with Crippen LogP contribution in [0.2, 0.25) is 18.1 Å². The molecule has 1 rings (SSSR count). The second kappa shape index (κ2) is 9.28. The van der Waals surface area contributed by atoms with Crippen molar-refractivity contribution in [2.45, 2.75) is 105 Å². The van der Waals surface area contributed by atoms with Gasteiger partial charge in [0.1, 0.15) is 11.2 Å². The van der Waals surface area contributed by atoms with Gasteiger partial charge in [-0.15, -0.1) is 0 Å². The maximum atomic E-state index is 12.8. The standard InChI is InChI=1S/C23H40N2O5Si/c1-16-13-17(15-28-31(11,12)23(8,9)10)14-24-18(16)25(19(26)29-21(2,3)4)20(27)30-22(5,6)7/h13-14H,15H2,1-12H3. The van der Waals surface area contributed by atoms with E-state index in [-0.39, 0.29) is 10.9 Å². The Kier molecular flexibility index (Phi) is 8.11. The van der Waals surface area contributed by atoms with Gasteiger partial charge in [-0.25, -0.2) is 14.6 Å². The van der Waals surface area contributed by atoms with Gasteiger partial charge in [-0.05, 0) is 83.8 Å². The Morgan fingerprint density at radius 3 is 1.74 bits per heavy atom. The highest BCUT2D eigenvalue weighted by molar-refractivity contribution is 6.74. The van der Waals surface area contributed by atoms with Crippen molar-refractivity contribution in [3.63, 3.8) is 0 Å². The summed E-state index contributed by atoms with van der Waals surface area (Å²) in [6, 6.07) is 1.87. The molecule has 2 amide bonds. The van der Waals surface area contributed by atoms with Gasteiger partial charge in [0.05, 0.1) is 6.61 Å². The van der Waals surface area contributed by atoms with Crippen molar-refractivity contribution >= 4 is 26.3 Å². The zero-order valence-corrected chi connectivity index (χ0v) is 22.3. The van der Waals surface area contributed by atoms with E-state index >= 15 is 0 Å². The SMILES string of the molecule is Cc1cc(CO[Si](C)(C)C(C)(C)C)cnc1N(C(=O)OC(C)(C)C)C(=O)OC(C)(C)C. The normalized spacial score (nSPS) is 13.0. The molecule has 0 aliphatic rings. The third kappa shape index (κ3) is 8.25. The fourth-order valence-corrected chi connectivity index (χ4v) is 3.24. The van der Waals surface area contributed by atoms with E-state index in [0.717, 1.165) is 10.5 Å². The van der Waals surface area contributed by atoms with Crippen molar-refractivity contribution in [2.24, 2.45) is 0 Å². The molecule has 0 atom stereocenters. The summed E-state index contributed by atoms with van der Waals surface area (Å²) in [4.78, 5) is 30.9. The van der Waals surface area contributed by atoms with Crippen molar-refractivity contribution < 1.29 is 23.5 Å². The molecule has 1 aromatic rings. The minimum atomic E-state index is -1.92. The number of aromatic nitrogens is 1. The quantitative estimate of drug-likeness (QED) is 0.480. The zero-order valence-electron chi connectivity index (χ0n) is 21.3. The number of ether oxygens (including phenoxy) is 2. The predicted octanol–water partition coefficient (Wildman–Crippen LogP) is 6.59. The van der Waals surface area contributed by atoms with E-state index in [1.54, 1.807) is 54.7 Å². The van der Waals surface area contributed by atoms with Crippen molar-refractivity contribution in [1.82, 2.24) is 4.98 Å². The van der Waals surface area contributed by atoms with E-state index in [2.05, 4.69) is 38.8 Å². The fourth-order valence-electron chi connectivity index (χ4n) is 2.28.